The second-order valence-corrected chi connectivity index (χ2v) is 7.16. The fourth-order valence-corrected chi connectivity index (χ4v) is 4.05. The van der Waals surface area contributed by atoms with E-state index in [1.54, 1.807) is 17.5 Å². The molecular formula is C22H20N2OS. The molecule has 0 amide bonds. The molecule has 2 N–H and O–H groups in total. The van der Waals surface area contributed by atoms with Crippen molar-refractivity contribution in [2.75, 3.05) is 5.32 Å². The largest absolute Gasteiger partial charge is 0.505 e. The van der Waals surface area contributed by atoms with Crippen LogP contribution >= 0.6 is 11.3 Å². The number of fused-ring (bicyclic) bond motifs is 1. The molecule has 0 bridgehead atoms. The SMILES string of the molecule is CCc1ccccc1NC(c1cccs1)c1ccc2cccnc2c1O. The summed E-state index contributed by atoms with van der Waals surface area (Å²) < 4.78 is 0. The van der Waals surface area contributed by atoms with Crippen LogP contribution in [0.15, 0.2) is 72.2 Å². The van der Waals surface area contributed by atoms with Crippen molar-refractivity contribution in [2.45, 2.75) is 19.4 Å². The first-order valence-electron chi connectivity index (χ1n) is 8.72. The van der Waals surface area contributed by atoms with Gasteiger partial charge in [0.1, 0.15) is 11.3 Å². The number of aromatic hydroxyl groups is 1. The van der Waals surface area contributed by atoms with Crippen LogP contribution in [0.25, 0.3) is 10.9 Å². The number of para-hydroxylation sites is 1. The number of benzene rings is 2. The summed E-state index contributed by atoms with van der Waals surface area (Å²) in [5.74, 6) is 0.239. The number of hydrogen-bond acceptors (Lipinski definition) is 4. The Morgan fingerprint density at radius 3 is 2.73 bits per heavy atom. The number of nitrogens with one attached hydrogen (secondary N) is 1. The zero-order valence-corrected chi connectivity index (χ0v) is 15.3. The molecule has 26 heavy (non-hydrogen) atoms. The van der Waals surface area contributed by atoms with Crippen LogP contribution in [0.4, 0.5) is 5.69 Å². The van der Waals surface area contributed by atoms with E-state index in [-0.39, 0.29) is 11.8 Å². The number of aromatic nitrogens is 1. The zero-order valence-electron chi connectivity index (χ0n) is 14.5. The fraction of sp³-hybridized carbons (Fsp3) is 0.136. The molecule has 0 saturated heterocycles. The van der Waals surface area contributed by atoms with Crippen LogP contribution in [0.3, 0.4) is 0 Å². The lowest BCUT2D eigenvalue weighted by atomic mass is 10.00. The van der Waals surface area contributed by atoms with Crippen molar-refractivity contribution in [1.29, 1.82) is 0 Å². The third-order valence-corrected chi connectivity index (χ3v) is 5.55. The predicted molar refractivity (Wildman–Crippen MR) is 109 cm³/mol. The van der Waals surface area contributed by atoms with E-state index in [0.717, 1.165) is 27.9 Å². The van der Waals surface area contributed by atoms with Gasteiger partial charge in [0, 0.05) is 27.7 Å². The molecule has 130 valence electrons. The van der Waals surface area contributed by atoms with E-state index in [1.165, 1.54) is 5.56 Å². The van der Waals surface area contributed by atoms with Crippen molar-refractivity contribution >= 4 is 27.9 Å². The molecule has 0 fully saturated rings. The standard InChI is InChI=1S/C22H20N2OS/c1-2-15-7-3-4-9-18(15)24-21(19-10-6-14-26-19)17-12-11-16-8-5-13-23-20(16)22(17)25/h3-14,21,24-25H,2H2,1H3. The fourth-order valence-electron chi connectivity index (χ4n) is 3.26. The summed E-state index contributed by atoms with van der Waals surface area (Å²) in [6, 6.07) is 20.2. The summed E-state index contributed by atoms with van der Waals surface area (Å²) in [5, 5.41) is 17.6. The highest BCUT2D eigenvalue weighted by atomic mass is 32.1. The lowest BCUT2D eigenvalue weighted by molar-refractivity contribution is 0.472. The van der Waals surface area contributed by atoms with Crippen molar-refractivity contribution in [3.63, 3.8) is 0 Å². The summed E-state index contributed by atoms with van der Waals surface area (Å²) in [6.45, 7) is 2.15. The van der Waals surface area contributed by atoms with Crippen molar-refractivity contribution in [3.05, 3.63) is 88.2 Å². The second kappa shape index (κ2) is 7.18. The topological polar surface area (TPSA) is 45.2 Å². The Hall–Kier alpha value is -2.85. The molecule has 3 nitrogen and oxygen atoms in total. The summed E-state index contributed by atoms with van der Waals surface area (Å²) >= 11 is 1.68. The van der Waals surface area contributed by atoms with Crippen LogP contribution in [0.5, 0.6) is 5.75 Å². The quantitative estimate of drug-likeness (QED) is 0.475. The van der Waals surface area contributed by atoms with Crippen LogP contribution < -0.4 is 5.32 Å². The Bertz CT molecular complexity index is 1030. The maximum Gasteiger partial charge on any atom is 0.147 e. The number of phenols is 1. The van der Waals surface area contributed by atoms with E-state index in [4.69, 9.17) is 0 Å². The Labute approximate surface area is 157 Å². The maximum absolute atomic E-state index is 10.9. The van der Waals surface area contributed by atoms with Crippen molar-refractivity contribution in [1.82, 2.24) is 4.98 Å². The summed E-state index contributed by atoms with van der Waals surface area (Å²) in [7, 11) is 0. The highest BCUT2D eigenvalue weighted by Crippen LogP contribution is 2.38. The molecule has 0 saturated carbocycles. The first-order valence-corrected chi connectivity index (χ1v) is 9.60. The third-order valence-electron chi connectivity index (χ3n) is 4.62. The minimum Gasteiger partial charge on any atom is -0.505 e. The highest BCUT2D eigenvalue weighted by Gasteiger charge is 2.21. The normalized spacial score (nSPS) is 12.2. The lowest BCUT2D eigenvalue weighted by Gasteiger charge is -2.22. The van der Waals surface area contributed by atoms with Gasteiger partial charge in [-0.1, -0.05) is 49.4 Å². The molecule has 4 rings (SSSR count). The molecule has 1 atom stereocenters. The lowest BCUT2D eigenvalue weighted by Crippen LogP contribution is -2.12. The smallest absolute Gasteiger partial charge is 0.147 e. The first-order chi connectivity index (χ1) is 12.8. The van der Waals surface area contributed by atoms with Gasteiger partial charge in [0.05, 0.1) is 6.04 Å². The van der Waals surface area contributed by atoms with Crippen molar-refractivity contribution in [2.24, 2.45) is 0 Å². The second-order valence-electron chi connectivity index (χ2n) is 6.18. The van der Waals surface area contributed by atoms with E-state index in [1.807, 2.05) is 36.4 Å². The Morgan fingerprint density at radius 1 is 1.04 bits per heavy atom. The average Bonchev–Trinajstić information content (AvgIpc) is 3.22. The molecule has 4 aromatic rings. The van der Waals surface area contributed by atoms with Gasteiger partial charge < -0.3 is 10.4 Å². The molecule has 4 heteroatoms. The number of nitrogens with zero attached hydrogens (tertiary/aromatic N) is 1. The third kappa shape index (κ3) is 3.04. The minimum atomic E-state index is -0.130. The van der Waals surface area contributed by atoms with Gasteiger partial charge in [-0.25, -0.2) is 0 Å². The van der Waals surface area contributed by atoms with E-state index in [2.05, 4.69) is 46.9 Å². The number of rotatable bonds is 5. The first kappa shape index (κ1) is 16.6. The van der Waals surface area contributed by atoms with E-state index < -0.39 is 0 Å². The van der Waals surface area contributed by atoms with Crippen LogP contribution in [0.1, 0.15) is 29.0 Å². The van der Waals surface area contributed by atoms with E-state index >= 15 is 0 Å². The molecule has 2 aromatic heterocycles. The van der Waals surface area contributed by atoms with Gasteiger partial charge >= 0.3 is 0 Å². The monoisotopic (exact) mass is 360 g/mol. The summed E-state index contributed by atoms with van der Waals surface area (Å²) in [5.41, 5.74) is 3.82. The van der Waals surface area contributed by atoms with Gasteiger partial charge in [-0.05, 0) is 35.6 Å². The van der Waals surface area contributed by atoms with Crippen molar-refractivity contribution < 1.29 is 5.11 Å². The number of phenolic OH excluding ortho intramolecular Hbond substituents is 1. The number of aryl methyl sites for hydroxylation is 1. The molecule has 2 aromatic carbocycles. The Kier molecular flexibility index (Phi) is 4.59. The van der Waals surface area contributed by atoms with Gasteiger partial charge in [-0.2, -0.15) is 0 Å². The van der Waals surface area contributed by atoms with Crippen LogP contribution in [0, 0.1) is 0 Å². The number of anilines is 1. The summed E-state index contributed by atoms with van der Waals surface area (Å²) in [4.78, 5) is 5.53. The molecule has 0 spiro atoms. The van der Waals surface area contributed by atoms with Gasteiger partial charge in [0.2, 0.25) is 0 Å². The highest BCUT2D eigenvalue weighted by molar-refractivity contribution is 7.10. The van der Waals surface area contributed by atoms with Crippen molar-refractivity contribution in [3.8, 4) is 5.75 Å². The zero-order chi connectivity index (χ0) is 17.9. The van der Waals surface area contributed by atoms with Crippen LogP contribution in [0.2, 0.25) is 0 Å². The molecule has 0 aliphatic carbocycles. The Morgan fingerprint density at radius 2 is 1.92 bits per heavy atom. The number of thiophene rings is 1. The number of pyridine rings is 1. The summed E-state index contributed by atoms with van der Waals surface area (Å²) in [6.07, 6.45) is 2.66. The molecule has 2 heterocycles. The maximum atomic E-state index is 10.9. The molecule has 0 aliphatic rings. The van der Waals surface area contributed by atoms with Gasteiger partial charge in [-0.3, -0.25) is 4.98 Å². The number of hydrogen-bond donors (Lipinski definition) is 2. The predicted octanol–water partition coefficient (Wildman–Crippen LogP) is 5.77. The minimum absolute atomic E-state index is 0.130. The van der Waals surface area contributed by atoms with E-state index in [0.29, 0.717) is 5.52 Å². The van der Waals surface area contributed by atoms with Gasteiger partial charge in [0.15, 0.2) is 0 Å². The average molecular weight is 360 g/mol. The molecular weight excluding hydrogens is 340 g/mol. The van der Waals surface area contributed by atoms with Crippen LogP contribution in [-0.4, -0.2) is 10.1 Å². The van der Waals surface area contributed by atoms with Gasteiger partial charge in [-0.15, -0.1) is 11.3 Å². The molecule has 0 radical (unpaired) electrons. The van der Waals surface area contributed by atoms with Crippen LogP contribution in [-0.2, 0) is 6.42 Å². The Balaban J connectivity index is 1.83. The van der Waals surface area contributed by atoms with Gasteiger partial charge in [0.25, 0.3) is 0 Å². The van der Waals surface area contributed by atoms with E-state index in [9.17, 15) is 5.11 Å². The molecule has 1 unspecified atom stereocenters. The molecule has 0 aliphatic heterocycles.